The number of aromatic nitrogens is 2. The molecular formula is C26H26N4O3S. The highest BCUT2D eigenvalue weighted by Crippen LogP contribution is 2.20. The highest BCUT2D eigenvalue weighted by atomic mass is 32.2. The third-order valence-corrected chi connectivity index (χ3v) is 6.96. The number of amides is 1. The second-order valence-corrected chi connectivity index (χ2v) is 9.76. The summed E-state index contributed by atoms with van der Waals surface area (Å²) in [5.74, 6) is -0.362. The molecule has 4 rings (SSSR count). The van der Waals surface area contributed by atoms with E-state index >= 15 is 0 Å². The van der Waals surface area contributed by atoms with Gasteiger partial charge >= 0.3 is 0 Å². The molecule has 0 atom stereocenters. The number of aryl methyl sites for hydroxylation is 2. The first-order chi connectivity index (χ1) is 16.2. The molecule has 4 aromatic rings. The normalized spacial score (nSPS) is 11.3. The van der Waals surface area contributed by atoms with Crippen LogP contribution in [0.15, 0.2) is 83.8 Å². The van der Waals surface area contributed by atoms with Gasteiger partial charge in [-0.3, -0.25) is 9.52 Å². The number of sulfonamides is 1. The van der Waals surface area contributed by atoms with Gasteiger partial charge in [-0.05, 0) is 63.2 Å². The molecule has 0 aliphatic carbocycles. The van der Waals surface area contributed by atoms with Crippen LogP contribution in [0.4, 0.5) is 5.69 Å². The average molecular weight is 475 g/mol. The van der Waals surface area contributed by atoms with Crippen LogP contribution in [-0.2, 0) is 16.6 Å². The van der Waals surface area contributed by atoms with Crippen molar-refractivity contribution in [1.29, 1.82) is 0 Å². The van der Waals surface area contributed by atoms with E-state index in [0.29, 0.717) is 5.69 Å². The molecular weight excluding hydrogens is 448 g/mol. The maximum Gasteiger partial charge on any atom is 0.261 e. The Morgan fingerprint density at radius 2 is 1.62 bits per heavy atom. The van der Waals surface area contributed by atoms with Crippen LogP contribution in [-0.4, -0.2) is 24.1 Å². The molecule has 34 heavy (non-hydrogen) atoms. The van der Waals surface area contributed by atoms with Crippen molar-refractivity contribution in [3.8, 4) is 5.69 Å². The van der Waals surface area contributed by atoms with Crippen LogP contribution >= 0.6 is 0 Å². The van der Waals surface area contributed by atoms with Gasteiger partial charge in [0.1, 0.15) is 0 Å². The number of rotatable bonds is 7. The molecule has 0 radical (unpaired) electrons. The number of hydrogen-bond acceptors (Lipinski definition) is 4. The van der Waals surface area contributed by atoms with Crippen molar-refractivity contribution in [2.75, 3.05) is 4.72 Å². The van der Waals surface area contributed by atoms with E-state index in [2.05, 4.69) is 15.1 Å². The molecule has 8 heteroatoms. The number of hydrogen-bond donors (Lipinski definition) is 2. The molecule has 0 unspecified atom stereocenters. The van der Waals surface area contributed by atoms with E-state index in [1.165, 1.54) is 12.1 Å². The zero-order valence-corrected chi connectivity index (χ0v) is 20.1. The summed E-state index contributed by atoms with van der Waals surface area (Å²) in [6.45, 7) is 6.06. The topological polar surface area (TPSA) is 93.1 Å². The van der Waals surface area contributed by atoms with Crippen LogP contribution in [0.1, 0.15) is 32.9 Å². The van der Waals surface area contributed by atoms with Crippen molar-refractivity contribution >= 4 is 21.6 Å². The number of anilines is 1. The fourth-order valence-corrected chi connectivity index (χ4v) is 4.77. The average Bonchev–Trinajstić information content (AvgIpc) is 3.12. The summed E-state index contributed by atoms with van der Waals surface area (Å²) < 4.78 is 30.0. The van der Waals surface area contributed by atoms with Crippen LogP contribution in [0.3, 0.4) is 0 Å². The van der Waals surface area contributed by atoms with Crippen LogP contribution in [0.5, 0.6) is 0 Å². The van der Waals surface area contributed by atoms with E-state index in [9.17, 15) is 13.2 Å². The van der Waals surface area contributed by atoms with Crippen molar-refractivity contribution in [3.05, 3.63) is 107 Å². The summed E-state index contributed by atoms with van der Waals surface area (Å²) in [7, 11) is -3.83. The number of para-hydroxylation sites is 1. The van der Waals surface area contributed by atoms with Gasteiger partial charge in [-0.1, -0.05) is 42.0 Å². The fraction of sp³-hybridized carbons (Fsp3) is 0.154. The number of nitrogens with zero attached hydrogens (tertiary/aromatic N) is 2. The largest absolute Gasteiger partial charge is 0.348 e. The third-order valence-electron chi connectivity index (χ3n) is 5.58. The molecule has 0 aliphatic heterocycles. The Morgan fingerprint density at radius 1 is 0.912 bits per heavy atom. The Hall–Kier alpha value is -3.91. The SMILES string of the molecule is Cc1ccc(NS(=O)(=O)c2cccc(C(=O)NCc3c(C)nn(-c4ccccc4)c3C)c2)cc1. The fourth-order valence-electron chi connectivity index (χ4n) is 3.66. The Kier molecular flexibility index (Phi) is 6.51. The van der Waals surface area contributed by atoms with Gasteiger partial charge in [-0.15, -0.1) is 0 Å². The van der Waals surface area contributed by atoms with E-state index in [4.69, 9.17) is 0 Å². The minimum Gasteiger partial charge on any atom is -0.348 e. The lowest BCUT2D eigenvalue weighted by Gasteiger charge is -2.10. The predicted octanol–water partition coefficient (Wildman–Crippen LogP) is 4.53. The number of carbonyl (C=O) groups is 1. The summed E-state index contributed by atoms with van der Waals surface area (Å²) in [5, 5.41) is 7.49. The van der Waals surface area contributed by atoms with E-state index in [1.807, 2.05) is 67.9 Å². The molecule has 1 heterocycles. The maximum absolute atomic E-state index is 12.8. The van der Waals surface area contributed by atoms with Gasteiger partial charge in [0.25, 0.3) is 15.9 Å². The van der Waals surface area contributed by atoms with Crippen molar-refractivity contribution in [2.45, 2.75) is 32.2 Å². The third kappa shape index (κ3) is 5.02. The van der Waals surface area contributed by atoms with Crippen LogP contribution in [0, 0.1) is 20.8 Å². The summed E-state index contributed by atoms with van der Waals surface area (Å²) in [4.78, 5) is 12.9. The second kappa shape index (κ2) is 9.52. The Labute approximate surface area is 199 Å². The summed E-state index contributed by atoms with van der Waals surface area (Å²) in [6.07, 6.45) is 0. The lowest BCUT2D eigenvalue weighted by Crippen LogP contribution is -2.24. The molecule has 0 aliphatic rings. The van der Waals surface area contributed by atoms with Gasteiger partial charge in [0, 0.05) is 29.1 Å². The monoisotopic (exact) mass is 474 g/mol. The molecule has 7 nitrogen and oxygen atoms in total. The smallest absolute Gasteiger partial charge is 0.261 e. The molecule has 2 N–H and O–H groups in total. The molecule has 1 amide bonds. The number of benzene rings is 3. The molecule has 1 aromatic heterocycles. The number of nitrogens with one attached hydrogen (secondary N) is 2. The van der Waals surface area contributed by atoms with E-state index < -0.39 is 10.0 Å². The zero-order valence-electron chi connectivity index (χ0n) is 19.2. The number of carbonyl (C=O) groups excluding carboxylic acids is 1. The maximum atomic E-state index is 12.8. The van der Waals surface area contributed by atoms with Crippen molar-refractivity contribution in [3.63, 3.8) is 0 Å². The first-order valence-electron chi connectivity index (χ1n) is 10.8. The quantitative estimate of drug-likeness (QED) is 0.412. The van der Waals surface area contributed by atoms with E-state index in [1.54, 1.807) is 24.3 Å². The molecule has 0 bridgehead atoms. The lowest BCUT2D eigenvalue weighted by molar-refractivity contribution is 0.0950. The molecule has 3 aromatic carbocycles. The van der Waals surface area contributed by atoms with Gasteiger partial charge < -0.3 is 5.32 Å². The van der Waals surface area contributed by atoms with Crippen LogP contribution in [0.2, 0.25) is 0 Å². The highest BCUT2D eigenvalue weighted by Gasteiger charge is 2.18. The van der Waals surface area contributed by atoms with Gasteiger partial charge in [0.05, 0.1) is 16.3 Å². The first kappa shape index (κ1) is 23.3. The van der Waals surface area contributed by atoms with Crippen molar-refractivity contribution < 1.29 is 13.2 Å². The van der Waals surface area contributed by atoms with Gasteiger partial charge in [0.2, 0.25) is 0 Å². The predicted molar refractivity (Wildman–Crippen MR) is 133 cm³/mol. The zero-order chi connectivity index (χ0) is 24.3. The summed E-state index contributed by atoms with van der Waals surface area (Å²) in [6, 6.07) is 22.8. The molecule has 174 valence electrons. The van der Waals surface area contributed by atoms with Crippen molar-refractivity contribution in [1.82, 2.24) is 15.1 Å². The summed E-state index contributed by atoms with van der Waals surface area (Å²) >= 11 is 0. The summed E-state index contributed by atoms with van der Waals surface area (Å²) in [5.41, 5.74) is 5.37. The lowest BCUT2D eigenvalue weighted by atomic mass is 10.1. The molecule has 0 spiro atoms. The van der Waals surface area contributed by atoms with Gasteiger partial charge in [-0.25, -0.2) is 13.1 Å². The van der Waals surface area contributed by atoms with Gasteiger partial charge in [0.15, 0.2) is 0 Å². The second-order valence-electron chi connectivity index (χ2n) is 8.08. The molecule has 0 fully saturated rings. The van der Waals surface area contributed by atoms with E-state index in [0.717, 1.165) is 28.2 Å². The van der Waals surface area contributed by atoms with E-state index in [-0.39, 0.29) is 22.9 Å². The molecule has 0 saturated carbocycles. The first-order valence-corrected chi connectivity index (χ1v) is 12.3. The Bertz CT molecular complexity index is 1430. The molecule has 0 saturated heterocycles. The van der Waals surface area contributed by atoms with Crippen LogP contribution in [0.25, 0.3) is 5.69 Å². The highest BCUT2D eigenvalue weighted by molar-refractivity contribution is 7.92. The standard InChI is InChI=1S/C26H26N4O3S/c1-18-12-14-22(15-13-18)29-34(32,33)24-11-7-8-21(16-24)26(31)27-17-25-19(2)28-30(20(25)3)23-9-5-4-6-10-23/h4-16,29H,17H2,1-3H3,(H,27,31). The minimum atomic E-state index is -3.83. The van der Waals surface area contributed by atoms with Gasteiger partial charge in [-0.2, -0.15) is 5.10 Å². The van der Waals surface area contributed by atoms with Crippen molar-refractivity contribution in [2.24, 2.45) is 0 Å². The minimum absolute atomic E-state index is 0.0185. The Morgan fingerprint density at radius 3 is 2.32 bits per heavy atom. The van der Waals surface area contributed by atoms with Crippen LogP contribution < -0.4 is 10.0 Å². The Balaban J connectivity index is 1.49.